The molecule has 0 amide bonds. The smallest absolute Gasteiger partial charge is 0.337 e. The Bertz CT molecular complexity index is 342. The van der Waals surface area contributed by atoms with Gasteiger partial charge in [-0.25, -0.2) is 9.59 Å². The van der Waals surface area contributed by atoms with Crippen LogP contribution in [0.25, 0.3) is 0 Å². The third-order valence-corrected chi connectivity index (χ3v) is 1.80. The van der Waals surface area contributed by atoms with E-state index in [0.29, 0.717) is 5.57 Å². The summed E-state index contributed by atoms with van der Waals surface area (Å²) < 4.78 is 14.4. The van der Waals surface area contributed by atoms with Crippen LogP contribution in [0.5, 0.6) is 0 Å². The SMILES string of the molecule is COC(=O)/C=C/O[C@@]1(C)C=C(C)C(=O)O1. The van der Waals surface area contributed by atoms with Crippen LogP contribution >= 0.6 is 0 Å². The summed E-state index contributed by atoms with van der Waals surface area (Å²) in [4.78, 5) is 21.8. The Morgan fingerprint density at radius 2 is 2.27 bits per heavy atom. The first kappa shape index (κ1) is 11.3. The van der Waals surface area contributed by atoms with Crippen LogP contribution in [-0.2, 0) is 23.8 Å². The Hall–Kier alpha value is -1.78. The lowest BCUT2D eigenvalue weighted by molar-refractivity contribution is -0.175. The summed E-state index contributed by atoms with van der Waals surface area (Å²) >= 11 is 0. The standard InChI is InChI=1S/C10H12O5/c1-7-6-10(2,15-9(7)12)14-5-4-8(11)13-3/h4-6H,1-3H3/b5-4+/t10-/m1/s1. The van der Waals surface area contributed by atoms with Crippen molar-refractivity contribution in [1.29, 1.82) is 0 Å². The predicted molar refractivity (Wildman–Crippen MR) is 50.5 cm³/mol. The highest BCUT2D eigenvalue weighted by atomic mass is 16.7. The Morgan fingerprint density at radius 3 is 2.73 bits per heavy atom. The summed E-state index contributed by atoms with van der Waals surface area (Å²) in [6.45, 7) is 3.20. The molecule has 0 fully saturated rings. The van der Waals surface area contributed by atoms with E-state index in [-0.39, 0.29) is 0 Å². The molecule has 0 N–H and O–H groups in total. The zero-order valence-corrected chi connectivity index (χ0v) is 8.77. The molecule has 0 saturated heterocycles. The summed E-state index contributed by atoms with van der Waals surface area (Å²) in [5.41, 5.74) is 0.476. The highest BCUT2D eigenvalue weighted by Gasteiger charge is 2.35. The van der Waals surface area contributed by atoms with Gasteiger partial charge in [0, 0.05) is 18.6 Å². The van der Waals surface area contributed by atoms with Crippen molar-refractivity contribution in [3.8, 4) is 0 Å². The van der Waals surface area contributed by atoms with E-state index in [4.69, 9.17) is 9.47 Å². The number of cyclic esters (lactones) is 1. The molecule has 0 saturated carbocycles. The van der Waals surface area contributed by atoms with Crippen LogP contribution in [0.3, 0.4) is 0 Å². The molecule has 5 nitrogen and oxygen atoms in total. The van der Waals surface area contributed by atoms with Crippen molar-refractivity contribution in [2.45, 2.75) is 19.6 Å². The molecule has 82 valence electrons. The molecule has 0 radical (unpaired) electrons. The van der Waals surface area contributed by atoms with Crippen molar-refractivity contribution in [3.63, 3.8) is 0 Å². The van der Waals surface area contributed by atoms with Gasteiger partial charge in [0.25, 0.3) is 5.79 Å². The van der Waals surface area contributed by atoms with E-state index in [1.54, 1.807) is 13.8 Å². The minimum absolute atomic E-state index is 0.427. The van der Waals surface area contributed by atoms with E-state index in [9.17, 15) is 9.59 Å². The normalized spacial score (nSPS) is 25.0. The largest absolute Gasteiger partial charge is 0.466 e. The molecule has 1 aliphatic rings. The van der Waals surface area contributed by atoms with Crippen molar-refractivity contribution in [1.82, 2.24) is 0 Å². The van der Waals surface area contributed by atoms with Crippen molar-refractivity contribution in [3.05, 3.63) is 24.0 Å². The zero-order chi connectivity index (χ0) is 11.5. The molecule has 0 unspecified atom stereocenters. The number of esters is 2. The summed E-state index contributed by atoms with van der Waals surface area (Å²) in [7, 11) is 1.26. The fourth-order valence-electron chi connectivity index (χ4n) is 1.10. The van der Waals surface area contributed by atoms with E-state index in [0.717, 1.165) is 12.3 Å². The second-order valence-corrected chi connectivity index (χ2v) is 3.18. The van der Waals surface area contributed by atoms with Crippen molar-refractivity contribution in [2.75, 3.05) is 7.11 Å². The first-order valence-electron chi connectivity index (χ1n) is 4.32. The van der Waals surface area contributed by atoms with Crippen molar-refractivity contribution < 1.29 is 23.8 Å². The molecule has 0 bridgehead atoms. The average Bonchev–Trinajstić information content (AvgIpc) is 2.41. The van der Waals surface area contributed by atoms with Gasteiger partial charge in [0.2, 0.25) is 0 Å². The quantitative estimate of drug-likeness (QED) is 0.395. The van der Waals surface area contributed by atoms with Crippen LogP contribution < -0.4 is 0 Å². The number of carbonyl (C=O) groups excluding carboxylic acids is 2. The van der Waals surface area contributed by atoms with Gasteiger partial charge in [-0.2, -0.15) is 0 Å². The monoisotopic (exact) mass is 212 g/mol. The number of hydrogen-bond acceptors (Lipinski definition) is 5. The topological polar surface area (TPSA) is 61.8 Å². The van der Waals surface area contributed by atoms with E-state index >= 15 is 0 Å². The number of hydrogen-bond donors (Lipinski definition) is 0. The lowest BCUT2D eigenvalue weighted by atomic mass is 10.2. The van der Waals surface area contributed by atoms with Gasteiger partial charge in [-0.3, -0.25) is 0 Å². The van der Waals surface area contributed by atoms with E-state index in [1.165, 1.54) is 13.2 Å². The summed E-state index contributed by atoms with van der Waals surface area (Å²) in [6, 6.07) is 0. The molecule has 0 aliphatic carbocycles. The van der Waals surface area contributed by atoms with Crippen LogP contribution in [0.1, 0.15) is 13.8 Å². The Balaban J connectivity index is 2.57. The second kappa shape index (κ2) is 4.16. The Labute approximate surface area is 87.3 Å². The fraction of sp³-hybridized carbons (Fsp3) is 0.400. The molecular weight excluding hydrogens is 200 g/mol. The fourth-order valence-corrected chi connectivity index (χ4v) is 1.10. The Kier molecular flexibility index (Phi) is 3.14. The van der Waals surface area contributed by atoms with E-state index in [2.05, 4.69) is 4.74 Å². The lowest BCUT2D eigenvalue weighted by Crippen LogP contribution is -2.25. The Morgan fingerprint density at radius 1 is 1.60 bits per heavy atom. The van der Waals surface area contributed by atoms with Gasteiger partial charge in [-0.15, -0.1) is 0 Å². The number of rotatable bonds is 3. The molecule has 1 rings (SSSR count). The van der Waals surface area contributed by atoms with Gasteiger partial charge in [-0.1, -0.05) is 0 Å². The zero-order valence-electron chi connectivity index (χ0n) is 8.77. The minimum atomic E-state index is -1.13. The maximum Gasteiger partial charge on any atom is 0.337 e. The molecule has 1 atom stereocenters. The lowest BCUT2D eigenvalue weighted by Gasteiger charge is -2.19. The van der Waals surface area contributed by atoms with E-state index < -0.39 is 17.7 Å². The van der Waals surface area contributed by atoms with Gasteiger partial charge >= 0.3 is 11.9 Å². The molecule has 1 aliphatic heterocycles. The third kappa shape index (κ3) is 2.83. The highest BCUT2D eigenvalue weighted by Crippen LogP contribution is 2.25. The highest BCUT2D eigenvalue weighted by molar-refractivity contribution is 5.90. The summed E-state index contributed by atoms with van der Waals surface area (Å²) in [6.07, 6.45) is 3.77. The van der Waals surface area contributed by atoms with Gasteiger partial charge in [0.1, 0.15) is 0 Å². The predicted octanol–water partition coefficient (Wildman–Crippen LogP) is 0.909. The molecule has 0 aromatic carbocycles. The van der Waals surface area contributed by atoms with Crippen LogP contribution in [-0.4, -0.2) is 24.8 Å². The molecule has 1 heterocycles. The van der Waals surface area contributed by atoms with Crippen LogP contribution in [0, 0.1) is 0 Å². The maximum absolute atomic E-state index is 11.1. The molecular formula is C10H12O5. The van der Waals surface area contributed by atoms with Gasteiger partial charge in [0.15, 0.2) is 0 Å². The third-order valence-electron chi connectivity index (χ3n) is 1.80. The molecule has 15 heavy (non-hydrogen) atoms. The van der Waals surface area contributed by atoms with Gasteiger partial charge in [-0.05, 0) is 6.92 Å². The van der Waals surface area contributed by atoms with E-state index in [1.807, 2.05) is 0 Å². The van der Waals surface area contributed by atoms with Crippen molar-refractivity contribution in [2.24, 2.45) is 0 Å². The molecule has 0 aromatic heterocycles. The van der Waals surface area contributed by atoms with Crippen LogP contribution in [0.2, 0.25) is 0 Å². The van der Waals surface area contributed by atoms with Crippen molar-refractivity contribution >= 4 is 11.9 Å². The summed E-state index contributed by atoms with van der Waals surface area (Å²) in [5, 5.41) is 0. The average molecular weight is 212 g/mol. The first-order valence-corrected chi connectivity index (χ1v) is 4.32. The van der Waals surface area contributed by atoms with Crippen LogP contribution in [0.15, 0.2) is 24.0 Å². The summed E-state index contributed by atoms with van der Waals surface area (Å²) in [5.74, 6) is -2.10. The van der Waals surface area contributed by atoms with Crippen LogP contribution in [0.4, 0.5) is 0 Å². The maximum atomic E-state index is 11.1. The number of ether oxygens (including phenoxy) is 3. The second-order valence-electron chi connectivity index (χ2n) is 3.18. The molecule has 5 heteroatoms. The molecule has 0 aromatic rings. The first-order chi connectivity index (χ1) is 6.97. The minimum Gasteiger partial charge on any atom is -0.466 e. The van der Waals surface area contributed by atoms with Gasteiger partial charge in [0.05, 0.1) is 19.4 Å². The number of carbonyl (C=O) groups is 2. The number of methoxy groups -OCH3 is 1. The molecule has 0 spiro atoms. The van der Waals surface area contributed by atoms with Gasteiger partial charge < -0.3 is 14.2 Å².